The van der Waals surface area contributed by atoms with Gasteiger partial charge in [-0.15, -0.1) is 0 Å². The van der Waals surface area contributed by atoms with Crippen molar-refractivity contribution in [1.82, 2.24) is 20.9 Å². The molecule has 4 unspecified atom stereocenters. The third-order valence-electron chi connectivity index (χ3n) is 6.20. The Kier molecular flexibility index (Phi) is 13.8. The first kappa shape index (κ1) is 33.0. The third-order valence-corrected chi connectivity index (χ3v) is 7.49. The number of hydrogen-bond donors (Lipinski definition) is 7. The summed E-state index contributed by atoms with van der Waals surface area (Å²) in [6.45, 7) is 0. The van der Waals surface area contributed by atoms with Crippen LogP contribution in [0.4, 0.5) is 0 Å². The maximum Gasteiger partial charge on any atom is 0.326 e. The van der Waals surface area contributed by atoms with Crippen LogP contribution in [0.3, 0.4) is 0 Å². The fourth-order valence-electron chi connectivity index (χ4n) is 3.99. The molecule has 1 aromatic carbocycles. The van der Waals surface area contributed by atoms with E-state index in [4.69, 9.17) is 10.8 Å². The zero-order chi connectivity index (χ0) is 29.7. The summed E-state index contributed by atoms with van der Waals surface area (Å²) in [5.41, 5.74) is 7.99. The standard InChI is InChI=1S/C26H37N5O7S2/c1-39-11-9-19(29-23(34)17(27)13-15-14-28-18-6-4-3-5-16(15)18)24(35)30-20(10-12-40-2)25(36)31-21(26(37)38)7-8-22(32)33/h3-6,14,17,19-21,28H,7-13,27H2,1-2H3,(H,29,34)(H,30,35)(H,31,36)(H,32,33)(H,37,38). The highest BCUT2D eigenvalue weighted by Crippen LogP contribution is 2.19. The number of fused-ring (bicyclic) bond motifs is 1. The first-order chi connectivity index (χ1) is 19.1. The normalized spacial score (nSPS) is 14.1. The van der Waals surface area contributed by atoms with Crippen LogP contribution in [0, 0.1) is 0 Å². The van der Waals surface area contributed by atoms with Gasteiger partial charge in [0.2, 0.25) is 17.7 Å². The van der Waals surface area contributed by atoms with E-state index in [1.165, 1.54) is 23.5 Å². The molecule has 12 nitrogen and oxygen atoms in total. The van der Waals surface area contributed by atoms with Crippen molar-refractivity contribution in [2.24, 2.45) is 5.73 Å². The van der Waals surface area contributed by atoms with Crippen LogP contribution in [0.15, 0.2) is 30.5 Å². The molecule has 40 heavy (non-hydrogen) atoms. The number of aromatic amines is 1. The number of carboxylic acid groups (broad SMARTS) is 2. The molecule has 0 aliphatic heterocycles. The minimum Gasteiger partial charge on any atom is -0.481 e. The number of carbonyl (C=O) groups excluding carboxylic acids is 3. The van der Waals surface area contributed by atoms with Crippen LogP contribution in [0.5, 0.6) is 0 Å². The third kappa shape index (κ3) is 10.4. The Morgan fingerprint density at radius 1 is 0.850 bits per heavy atom. The molecule has 0 radical (unpaired) electrons. The second-order valence-corrected chi connectivity index (χ2v) is 11.2. The van der Waals surface area contributed by atoms with E-state index in [9.17, 15) is 29.1 Å². The summed E-state index contributed by atoms with van der Waals surface area (Å²) in [4.78, 5) is 64.7. The SMILES string of the molecule is CSCCC(NC(=O)C(N)Cc1c[nH]c2ccccc12)C(=O)NC(CCSC)C(=O)NC(CCC(=O)O)C(=O)O. The zero-order valence-corrected chi connectivity index (χ0v) is 24.1. The van der Waals surface area contributed by atoms with Gasteiger partial charge >= 0.3 is 11.9 Å². The predicted molar refractivity (Wildman–Crippen MR) is 156 cm³/mol. The highest BCUT2D eigenvalue weighted by Gasteiger charge is 2.30. The van der Waals surface area contributed by atoms with E-state index in [0.29, 0.717) is 11.5 Å². The molecule has 8 N–H and O–H groups in total. The Morgan fingerprint density at radius 3 is 1.95 bits per heavy atom. The van der Waals surface area contributed by atoms with Crippen molar-refractivity contribution in [1.29, 1.82) is 0 Å². The molecule has 0 fully saturated rings. The van der Waals surface area contributed by atoms with Gasteiger partial charge in [-0.25, -0.2) is 4.79 Å². The molecule has 14 heteroatoms. The van der Waals surface area contributed by atoms with Crippen molar-refractivity contribution in [3.05, 3.63) is 36.0 Å². The molecule has 0 saturated heterocycles. The van der Waals surface area contributed by atoms with Gasteiger partial charge in [0.15, 0.2) is 0 Å². The summed E-state index contributed by atoms with van der Waals surface area (Å²) < 4.78 is 0. The minimum atomic E-state index is -1.42. The van der Waals surface area contributed by atoms with Gasteiger partial charge in [-0.2, -0.15) is 23.5 Å². The smallest absolute Gasteiger partial charge is 0.326 e. The second kappa shape index (κ2) is 16.8. The number of carbonyl (C=O) groups is 5. The number of carboxylic acids is 2. The summed E-state index contributed by atoms with van der Waals surface area (Å²) in [5, 5.41) is 26.9. The number of amides is 3. The first-order valence-corrected chi connectivity index (χ1v) is 15.5. The lowest BCUT2D eigenvalue weighted by atomic mass is 10.0. The van der Waals surface area contributed by atoms with Crippen LogP contribution in [0.1, 0.15) is 31.2 Å². The number of benzene rings is 1. The number of thioether (sulfide) groups is 2. The Morgan fingerprint density at radius 2 is 1.40 bits per heavy atom. The molecule has 0 bridgehead atoms. The van der Waals surface area contributed by atoms with E-state index in [2.05, 4.69) is 20.9 Å². The highest BCUT2D eigenvalue weighted by molar-refractivity contribution is 7.98. The molecule has 1 heterocycles. The largest absolute Gasteiger partial charge is 0.481 e. The van der Waals surface area contributed by atoms with Crippen LogP contribution < -0.4 is 21.7 Å². The molecular formula is C26H37N5O7S2. The monoisotopic (exact) mass is 595 g/mol. The fraction of sp³-hybridized carbons (Fsp3) is 0.500. The van der Waals surface area contributed by atoms with E-state index in [1.807, 2.05) is 36.8 Å². The summed E-state index contributed by atoms with van der Waals surface area (Å²) in [5.74, 6) is -3.39. The van der Waals surface area contributed by atoms with Crippen molar-refractivity contribution < 1.29 is 34.2 Å². The minimum absolute atomic E-state index is 0.202. The zero-order valence-electron chi connectivity index (χ0n) is 22.5. The van der Waals surface area contributed by atoms with E-state index in [0.717, 1.165) is 16.5 Å². The first-order valence-electron chi connectivity index (χ1n) is 12.7. The van der Waals surface area contributed by atoms with Gasteiger partial charge in [0.25, 0.3) is 0 Å². The second-order valence-electron chi connectivity index (χ2n) is 9.19. The number of aliphatic carboxylic acids is 2. The maximum atomic E-state index is 13.2. The molecule has 1 aromatic heterocycles. The van der Waals surface area contributed by atoms with Gasteiger partial charge in [-0.05, 0) is 61.3 Å². The van der Waals surface area contributed by atoms with Crippen LogP contribution in [0.2, 0.25) is 0 Å². The molecule has 220 valence electrons. The Labute approximate surface area is 241 Å². The quantitative estimate of drug-likeness (QED) is 0.130. The van der Waals surface area contributed by atoms with E-state index >= 15 is 0 Å². The van der Waals surface area contributed by atoms with E-state index in [1.54, 1.807) is 6.20 Å². The molecule has 0 aliphatic rings. The molecule has 2 aromatic rings. The van der Waals surface area contributed by atoms with Gasteiger partial charge in [0, 0.05) is 23.5 Å². The summed E-state index contributed by atoms with van der Waals surface area (Å²) in [6.07, 6.45) is 5.46. The molecule has 2 rings (SSSR count). The Bertz CT molecular complexity index is 1180. The Hall–Kier alpha value is -3.23. The number of aromatic nitrogens is 1. The summed E-state index contributed by atoms with van der Waals surface area (Å²) >= 11 is 2.92. The van der Waals surface area contributed by atoms with Gasteiger partial charge in [0.1, 0.15) is 18.1 Å². The van der Waals surface area contributed by atoms with Gasteiger partial charge in [-0.1, -0.05) is 18.2 Å². The number of nitrogens with two attached hydrogens (primary N) is 1. The molecule has 0 saturated carbocycles. The lowest BCUT2D eigenvalue weighted by Gasteiger charge is -2.25. The van der Waals surface area contributed by atoms with Crippen LogP contribution in [0.25, 0.3) is 10.9 Å². The number of para-hydroxylation sites is 1. The summed E-state index contributed by atoms with van der Waals surface area (Å²) in [7, 11) is 0. The molecule has 0 spiro atoms. The summed E-state index contributed by atoms with van der Waals surface area (Å²) in [6, 6.07) is 3.23. The van der Waals surface area contributed by atoms with Gasteiger partial charge in [-0.3, -0.25) is 19.2 Å². The fourth-order valence-corrected chi connectivity index (χ4v) is 4.93. The van der Waals surface area contributed by atoms with Crippen molar-refractivity contribution >= 4 is 64.1 Å². The van der Waals surface area contributed by atoms with Crippen LogP contribution in [-0.2, 0) is 30.4 Å². The van der Waals surface area contributed by atoms with E-state index < -0.39 is 60.2 Å². The number of H-pyrrole nitrogens is 1. The Balaban J connectivity index is 2.10. The lowest BCUT2D eigenvalue weighted by Crippen LogP contribution is -2.57. The topological polar surface area (TPSA) is 204 Å². The number of nitrogens with one attached hydrogen (secondary N) is 4. The van der Waals surface area contributed by atoms with Crippen molar-refractivity contribution in [2.45, 2.75) is 56.3 Å². The average molecular weight is 596 g/mol. The lowest BCUT2D eigenvalue weighted by molar-refractivity contribution is -0.143. The molecule has 3 amide bonds. The van der Waals surface area contributed by atoms with E-state index in [-0.39, 0.29) is 25.7 Å². The van der Waals surface area contributed by atoms with Crippen molar-refractivity contribution in [3.63, 3.8) is 0 Å². The van der Waals surface area contributed by atoms with Gasteiger partial charge in [0.05, 0.1) is 6.04 Å². The number of rotatable bonds is 18. The number of hydrogen-bond acceptors (Lipinski definition) is 8. The van der Waals surface area contributed by atoms with Crippen LogP contribution >= 0.6 is 23.5 Å². The molecule has 4 atom stereocenters. The maximum absolute atomic E-state index is 13.2. The van der Waals surface area contributed by atoms with Crippen LogP contribution in [-0.4, -0.2) is 93.0 Å². The van der Waals surface area contributed by atoms with Crippen molar-refractivity contribution in [2.75, 3.05) is 24.0 Å². The molecular weight excluding hydrogens is 558 g/mol. The average Bonchev–Trinajstić information content (AvgIpc) is 3.33. The van der Waals surface area contributed by atoms with Gasteiger partial charge < -0.3 is 36.9 Å². The highest BCUT2D eigenvalue weighted by atomic mass is 32.2. The molecule has 0 aliphatic carbocycles. The predicted octanol–water partition coefficient (Wildman–Crippen LogP) is 0.948. The van der Waals surface area contributed by atoms with Crippen molar-refractivity contribution in [3.8, 4) is 0 Å².